The molecule has 1 aliphatic heterocycles. The molecule has 2 heteroatoms. The topological polar surface area (TPSA) is 12.0 Å². The number of hydrogen-bond donors (Lipinski definition) is 1. The van der Waals surface area contributed by atoms with E-state index >= 15 is 0 Å². The maximum atomic E-state index is 13.4. The summed E-state index contributed by atoms with van der Waals surface area (Å²) in [6, 6.07) is 5.93. The summed E-state index contributed by atoms with van der Waals surface area (Å²) in [6.07, 6.45) is 0.928. The Morgan fingerprint density at radius 3 is 2.92 bits per heavy atom. The summed E-state index contributed by atoms with van der Waals surface area (Å²) >= 11 is 0. The van der Waals surface area contributed by atoms with E-state index in [1.54, 1.807) is 6.07 Å². The third-order valence-corrected chi connectivity index (χ3v) is 2.64. The van der Waals surface area contributed by atoms with E-state index in [4.69, 9.17) is 0 Å². The molecule has 70 valence electrons. The molecule has 1 aromatic carbocycles. The minimum Gasteiger partial charge on any atom is -0.307 e. The van der Waals surface area contributed by atoms with Crippen LogP contribution in [-0.2, 0) is 6.42 Å². The van der Waals surface area contributed by atoms with Gasteiger partial charge in [-0.15, -0.1) is 0 Å². The van der Waals surface area contributed by atoms with Crippen molar-refractivity contribution in [2.24, 2.45) is 0 Å². The van der Waals surface area contributed by atoms with Crippen LogP contribution in [0.5, 0.6) is 0 Å². The molecular weight excluding hydrogens is 165 g/mol. The van der Waals surface area contributed by atoms with Crippen LogP contribution in [0.15, 0.2) is 18.2 Å². The highest BCUT2D eigenvalue weighted by molar-refractivity contribution is 5.34. The normalized spacial score (nSPS) is 27.0. The number of hydrogen-bond acceptors (Lipinski definition) is 1. The van der Waals surface area contributed by atoms with Gasteiger partial charge in [0.15, 0.2) is 0 Å². The molecule has 0 aliphatic carbocycles. The molecule has 1 aliphatic rings. The van der Waals surface area contributed by atoms with Crippen molar-refractivity contribution in [3.05, 3.63) is 35.1 Å². The quantitative estimate of drug-likeness (QED) is 0.645. The number of halogens is 1. The lowest BCUT2D eigenvalue weighted by molar-refractivity contribution is 0.427. The molecule has 0 fully saturated rings. The second kappa shape index (κ2) is 3.11. The molecule has 0 aromatic heterocycles. The number of benzene rings is 1. The lowest BCUT2D eigenvalue weighted by Gasteiger charge is -2.29. The maximum Gasteiger partial charge on any atom is 0.128 e. The van der Waals surface area contributed by atoms with Gasteiger partial charge in [0.1, 0.15) is 5.82 Å². The zero-order chi connectivity index (χ0) is 9.42. The van der Waals surface area contributed by atoms with E-state index in [-0.39, 0.29) is 11.9 Å². The van der Waals surface area contributed by atoms with E-state index in [0.717, 1.165) is 17.5 Å². The summed E-state index contributed by atoms with van der Waals surface area (Å²) in [5.74, 6) is -0.0793. The van der Waals surface area contributed by atoms with E-state index in [2.05, 4.69) is 12.2 Å². The largest absolute Gasteiger partial charge is 0.307 e. The Bertz CT molecular complexity index is 322. The van der Waals surface area contributed by atoms with E-state index in [1.165, 1.54) is 6.07 Å². The van der Waals surface area contributed by atoms with Crippen LogP contribution >= 0.6 is 0 Å². The Kier molecular flexibility index (Phi) is 2.08. The monoisotopic (exact) mass is 179 g/mol. The summed E-state index contributed by atoms with van der Waals surface area (Å²) in [5, 5.41) is 3.34. The van der Waals surface area contributed by atoms with E-state index < -0.39 is 0 Å². The van der Waals surface area contributed by atoms with Crippen LogP contribution in [0.25, 0.3) is 0 Å². The molecule has 0 radical (unpaired) electrons. The molecule has 2 rings (SSSR count). The lowest BCUT2D eigenvalue weighted by Crippen LogP contribution is -2.36. The third kappa shape index (κ3) is 1.46. The van der Waals surface area contributed by atoms with E-state index in [1.807, 2.05) is 13.0 Å². The summed E-state index contributed by atoms with van der Waals surface area (Å²) in [6.45, 7) is 4.14. The molecule has 0 saturated heterocycles. The van der Waals surface area contributed by atoms with Crippen LogP contribution in [0, 0.1) is 5.82 Å². The minimum absolute atomic E-state index is 0.0793. The first kappa shape index (κ1) is 8.70. The van der Waals surface area contributed by atoms with Crippen LogP contribution in [0.1, 0.15) is 31.0 Å². The molecule has 0 bridgehead atoms. The highest BCUT2D eigenvalue weighted by Crippen LogP contribution is 2.26. The van der Waals surface area contributed by atoms with Gasteiger partial charge in [0.2, 0.25) is 0 Å². The molecule has 1 aromatic rings. The first-order valence-electron chi connectivity index (χ1n) is 4.72. The smallest absolute Gasteiger partial charge is 0.128 e. The summed E-state index contributed by atoms with van der Waals surface area (Å²) in [5.41, 5.74) is 2.00. The Hall–Kier alpha value is -0.890. The van der Waals surface area contributed by atoms with Crippen LogP contribution in [0.4, 0.5) is 4.39 Å². The average Bonchev–Trinajstić information content (AvgIpc) is 2.02. The SMILES string of the molecule is CC1Cc2cccc(F)c2C(C)N1. The molecule has 13 heavy (non-hydrogen) atoms. The van der Waals surface area contributed by atoms with E-state index in [9.17, 15) is 4.39 Å². The van der Waals surface area contributed by atoms with Crippen LogP contribution in [0.2, 0.25) is 0 Å². The predicted octanol–water partition coefficient (Wildman–Crippen LogP) is 2.42. The summed E-state index contributed by atoms with van der Waals surface area (Å²) in [4.78, 5) is 0. The van der Waals surface area contributed by atoms with Crippen LogP contribution in [0.3, 0.4) is 0 Å². The Morgan fingerprint density at radius 2 is 2.15 bits per heavy atom. The highest BCUT2D eigenvalue weighted by atomic mass is 19.1. The third-order valence-electron chi connectivity index (χ3n) is 2.64. The second-order valence-corrected chi connectivity index (χ2v) is 3.81. The van der Waals surface area contributed by atoms with Crippen molar-refractivity contribution >= 4 is 0 Å². The van der Waals surface area contributed by atoms with Crippen molar-refractivity contribution < 1.29 is 4.39 Å². The van der Waals surface area contributed by atoms with Gasteiger partial charge in [-0.3, -0.25) is 0 Å². The van der Waals surface area contributed by atoms with Crippen molar-refractivity contribution in [2.75, 3.05) is 0 Å². The number of nitrogens with one attached hydrogen (secondary N) is 1. The fourth-order valence-corrected chi connectivity index (χ4v) is 2.14. The average molecular weight is 179 g/mol. The van der Waals surface area contributed by atoms with Gasteiger partial charge in [0.25, 0.3) is 0 Å². The van der Waals surface area contributed by atoms with Gasteiger partial charge in [-0.25, -0.2) is 4.39 Å². The zero-order valence-corrected chi connectivity index (χ0v) is 7.97. The molecule has 0 spiro atoms. The van der Waals surface area contributed by atoms with Crippen molar-refractivity contribution in [3.63, 3.8) is 0 Å². The molecule has 1 heterocycles. The van der Waals surface area contributed by atoms with Gasteiger partial charge in [-0.2, -0.15) is 0 Å². The predicted molar refractivity (Wildman–Crippen MR) is 51.1 cm³/mol. The van der Waals surface area contributed by atoms with Gasteiger partial charge in [-0.05, 0) is 31.9 Å². The summed E-state index contributed by atoms with van der Waals surface area (Å²) in [7, 11) is 0. The van der Waals surface area contributed by atoms with E-state index in [0.29, 0.717) is 6.04 Å². The molecule has 1 nitrogen and oxygen atoms in total. The Balaban J connectivity index is 2.49. The van der Waals surface area contributed by atoms with Gasteiger partial charge in [0.05, 0.1) is 0 Å². The first-order valence-corrected chi connectivity index (χ1v) is 4.72. The van der Waals surface area contributed by atoms with Gasteiger partial charge >= 0.3 is 0 Å². The van der Waals surface area contributed by atoms with Gasteiger partial charge in [0, 0.05) is 17.6 Å². The summed E-state index contributed by atoms with van der Waals surface area (Å²) < 4.78 is 13.4. The second-order valence-electron chi connectivity index (χ2n) is 3.81. The van der Waals surface area contributed by atoms with Crippen molar-refractivity contribution in [3.8, 4) is 0 Å². The molecule has 0 amide bonds. The Labute approximate surface area is 78.0 Å². The highest BCUT2D eigenvalue weighted by Gasteiger charge is 2.22. The fourth-order valence-electron chi connectivity index (χ4n) is 2.14. The lowest BCUT2D eigenvalue weighted by atomic mass is 9.91. The van der Waals surface area contributed by atoms with Crippen molar-refractivity contribution in [1.82, 2.24) is 5.32 Å². The molecule has 0 saturated carbocycles. The van der Waals surface area contributed by atoms with Gasteiger partial charge < -0.3 is 5.32 Å². The zero-order valence-electron chi connectivity index (χ0n) is 7.97. The number of rotatable bonds is 0. The number of fused-ring (bicyclic) bond motifs is 1. The molecule has 1 N–H and O–H groups in total. The minimum atomic E-state index is -0.0793. The standard InChI is InChI=1S/C11H14FN/c1-7-6-9-4-3-5-10(12)11(9)8(2)13-7/h3-5,7-8,13H,6H2,1-2H3. The molecular formula is C11H14FN. The fraction of sp³-hybridized carbons (Fsp3) is 0.455. The van der Waals surface area contributed by atoms with Crippen molar-refractivity contribution in [2.45, 2.75) is 32.4 Å². The Morgan fingerprint density at radius 1 is 1.38 bits per heavy atom. The van der Waals surface area contributed by atoms with Crippen LogP contribution in [-0.4, -0.2) is 6.04 Å². The molecule has 2 atom stereocenters. The first-order chi connectivity index (χ1) is 6.18. The molecule has 2 unspecified atom stereocenters. The van der Waals surface area contributed by atoms with Gasteiger partial charge in [-0.1, -0.05) is 12.1 Å². The van der Waals surface area contributed by atoms with Crippen molar-refractivity contribution in [1.29, 1.82) is 0 Å². The maximum absolute atomic E-state index is 13.4. The van der Waals surface area contributed by atoms with Crippen LogP contribution < -0.4 is 5.32 Å².